The molecule has 0 aliphatic carbocycles. The van der Waals surface area contributed by atoms with E-state index in [-0.39, 0.29) is 10.8 Å². The normalized spacial score (nSPS) is 9.31. The van der Waals surface area contributed by atoms with Crippen molar-refractivity contribution in [3.8, 4) is 0 Å². The quantitative estimate of drug-likeness (QED) is 0.302. The van der Waals surface area contributed by atoms with Gasteiger partial charge in [-0.25, -0.2) is 15.6 Å². The molecule has 0 aromatic carbocycles. The zero-order valence-electron chi connectivity index (χ0n) is 6.27. The molecule has 0 aliphatic heterocycles. The number of nitrogens with one attached hydrogen (secondary N) is 2. The first kappa shape index (κ1) is 9.42. The summed E-state index contributed by atoms with van der Waals surface area (Å²) in [6.45, 7) is 0. The maximum absolute atomic E-state index is 10.8. The molecule has 0 aliphatic rings. The van der Waals surface area contributed by atoms with Crippen LogP contribution in [0, 0.1) is 0 Å². The summed E-state index contributed by atoms with van der Waals surface area (Å²) in [4.78, 5) is 24.6. The minimum absolute atomic E-state index is 0.0799. The molecule has 0 spiro atoms. The number of thiazole rings is 1. The Balaban J connectivity index is 2.74. The fourth-order valence-electron chi connectivity index (χ4n) is 0.601. The van der Waals surface area contributed by atoms with Gasteiger partial charge in [-0.2, -0.15) is 0 Å². The summed E-state index contributed by atoms with van der Waals surface area (Å²) in [5.41, 5.74) is 1.96. The van der Waals surface area contributed by atoms with Crippen LogP contribution >= 0.6 is 11.3 Å². The molecule has 0 bridgehead atoms. The van der Waals surface area contributed by atoms with Gasteiger partial charge in [0.25, 0.3) is 5.91 Å². The van der Waals surface area contributed by atoms with Gasteiger partial charge in [-0.1, -0.05) is 0 Å². The summed E-state index contributed by atoms with van der Waals surface area (Å²) >= 11 is 1.00. The number of hydrogen-bond donors (Lipinski definition) is 4. The van der Waals surface area contributed by atoms with E-state index < -0.39 is 12.0 Å². The van der Waals surface area contributed by atoms with Crippen molar-refractivity contribution < 1.29 is 14.7 Å². The van der Waals surface area contributed by atoms with Crippen LogP contribution in [0.4, 0.5) is 9.93 Å². The Hall–Kier alpha value is -1.67. The number of rotatable bonds is 2. The molecule has 0 fully saturated rings. The smallest absolute Gasteiger partial charge is 0.410 e. The summed E-state index contributed by atoms with van der Waals surface area (Å²) in [6.07, 6.45) is -1.23. The van der Waals surface area contributed by atoms with E-state index in [1.54, 1.807) is 0 Å². The van der Waals surface area contributed by atoms with Crippen LogP contribution in [0.3, 0.4) is 0 Å². The highest BCUT2D eigenvalue weighted by Crippen LogP contribution is 2.14. The highest BCUT2D eigenvalue weighted by Gasteiger charge is 2.09. The SMILES string of the molecule is NNC(=O)c1csc(NC(=O)O)n1. The molecule has 0 atom stereocenters. The number of carbonyl (C=O) groups is 2. The van der Waals surface area contributed by atoms with E-state index in [1.807, 2.05) is 10.7 Å². The number of amides is 2. The first-order chi connectivity index (χ1) is 6.13. The van der Waals surface area contributed by atoms with Gasteiger partial charge in [0.05, 0.1) is 0 Å². The molecule has 1 aromatic heterocycles. The van der Waals surface area contributed by atoms with Crippen molar-refractivity contribution in [3.05, 3.63) is 11.1 Å². The molecule has 1 aromatic rings. The Morgan fingerprint density at radius 3 is 2.85 bits per heavy atom. The van der Waals surface area contributed by atoms with Gasteiger partial charge in [0.15, 0.2) is 5.13 Å². The molecule has 1 heterocycles. The highest BCUT2D eigenvalue weighted by molar-refractivity contribution is 7.14. The molecule has 7 nitrogen and oxygen atoms in total. The number of anilines is 1. The third-order valence-electron chi connectivity index (χ3n) is 1.08. The van der Waals surface area contributed by atoms with E-state index >= 15 is 0 Å². The zero-order chi connectivity index (χ0) is 9.84. The van der Waals surface area contributed by atoms with Crippen LogP contribution in [0.25, 0.3) is 0 Å². The molecule has 0 unspecified atom stereocenters. The predicted molar refractivity (Wildman–Crippen MR) is 45.4 cm³/mol. The van der Waals surface area contributed by atoms with Crippen molar-refractivity contribution >= 4 is 28.5 Å². The standard InChI is InChI=1S/C5H6N4O3S/c6-9-3(10)2-1-13-4(7-2)8-5(11)12/h1H,6H2,(H,7,8)(H,9,10)(H,11,12). The first-order valence-corrected chi connectivity index (χ1v) is 3.98. The average Bonchev–Trinajstić information content (AvgIpc) is 2.50. The molecule has 70 valence electrons. The van der Waals surface area contributed by atoms with Crippen LogP contribution < -0.4 is 16.6 Å². The fraction of sp³-hybridized carbons (Fsp3) is 0. The van der Waals surface area contributed by atoms with Crippen molar-refractivity contribution in [2.24, 2.45) is 5.84 Å². The van der Waals surface area contributed by atoms with Gasteiger partial charge in [-0.3, -0.25) is 15.5 Å². The lowest BCUT2D eigenvalue weighted by Gasteiger charge is -1.93. The lowest BCUT2D eigenvalue weighted by atomic mass is 10.5. The minimum atomic E-state index is -1.23. The molecule has 2 amide bonds. The van der Waals surface area contributed by atoms with Gasteiger partial charge in [0.2, 0.25) is 0 Å². The van der Waals surface area contributed by atoms with E-state index in [0.29, 0.717) is 0 Å². The van der Waals surface area contributed by atoms with E-state index in [0.717, 1.165) is 11.3 Å². The van der Waals surface area contributed by atoms with Gasteiger partial charge < -0.3 is 5.11 Å². The second kappa shape index (κ2) is 3.83. The molecule has 0 saturated carbocycles. The van der Waals surface area contributed by atoms with Crippen LogP contribution in [-0.2, 0) is 0 Å². The van der Waals surface area contributed by atoms with Gasteiger partial charge in [-0.05, 0) is 0 Å². The van der Waals surface area contributed by atoms with Gasteiger partial charge in [0, 0.05) is 5.38 Å². The first-order valence-electron chi connectivity index (χ1n) is 3.10. The Labute approximate surface area is 76.5 Å². The Bertz CT molecular complexity index is 336. The van der Waals surface area contributed by atoms with Gasteiger partial charge in [0.1, 0.15) is 5.69 Å². The van der Waals surface area contributed by atoms with Crippen LogP contribution in [0.15, 0.2) is 5.38 Å². The van der Waals surface area contributed by atoms with Crippen molar-refractivity contribution in [1.29, 1.82) is 0 Å². The highest BCUT2D eigenvalue weighted by atomic mass is 32.1. The van der Waals surface area contributed by atoms with E-state index in [9.17, 15) is 9.59 Å². The van der Waals surface area contributed by atoms with E-state index in [4.69, 9.17) is 10.9 Å². The van der Waals surface area contributed by atoms with Gasteiger partial charge >= 0.3 is 6.09 Å². The third kappa shape index (κ3) is 2.39. The number of hydrazine groups is 1. The summed E-state index contributed by atoms with van der Waals surface area (Å²) in [5.74, 6) is 4.28. The molecular weight excluding hydrogens is 196 g/mol. The second-order valence-corrected chi connectivity index (χ2v) is 2.80. The lowest BCUT2D eigenvalue weighted by Crippen LogP contribution is -2.30. The molecule has 13 heavy (non-hydrogen) atoms. The number of nitrogen functional groups attached to an aromatic ring is 1. The summed E-state index contributed by atoms with van der Waals surface area (Å²) in [5, 5.41) is 11.8. The molecule has 1 rings (SSSR count). The molecular formula is C5H6N4O3S. The van der Waals surface area contributed by atoms with E-state index in [1.165, 1.54) is 5.38 Å². The predicted octanol–water partition coefficient (Wildman–Crippen LogP) is -0.164. The molecule has 8 heteroatoms. The van der Waals surface area contributed by atoms with Crippen molar-refractivity contribution in [1.82, 2.24) is 10.4 Å². The summed E-state index contributed by atoms with van der Waals surface area (Å²) < 4.78 is 0. The Kier molecular flexibility index (Phi) is 2.77. The summed E-state index contributed by atoms with van der Waals surface area (Å²) in [7, 11) is 0. The zero-order valence-corrected chi connectivity index (χ0v) is 7.09. The Morgan fingerprint density at radius 1 is 1.62 bits per heavy atom. The average molecular weight is 202 g/mol. The molecule has 0 saturated heterocycles. The summed E-state index contributed by atoms with van der Waals surface area (Å²) in [6, 6.07) is 0. The number of hydrogen-bond acceptors (Lipinski definition) is 5. The van der Waals surface area contributed by atoms with Crippen LogP contribution in [0.1, 0.15) is 10.5 Å². The molecule has 0 radical (unpaired) electrons. The number of nitrogens with zero attached hydrogens (tertiary/aromatic N) is 1. The maximum atomic E-state index is 10.8. The van der Waals surface area contributed by atoms with Crippen LogP contribution in [0.2, 0.25) is 0 Å². The number of carbonyl (C=O) groups excluding carboxylic acids is 1. The number of aromatic nitrogens is 1. The largest absolute Gasteiger partial charge is 0.465 e. The van der Waals surface area contributed by atoms with Gasteiger partial charge in [-0.15, -0.1) is 11.3 Å². The van der Waals surface area contributed by atoms with Crippen LogP contribution in [-0.4, -0.2) is 22.1 Å². The van der Waals surface area contributed by atoms with Crippen LogP contribution in [0.5, 0.6) is 0 Å². The maximum Gasteiger partial charge on any atom is 0.410 e. The topological polar surface area (TPSA) is 117 Å². The number of nitrogens with two attached hydrogens (primary N) is 1. The molecule has 5 N–H and O–H groups in total. The number of carboxylic acid groups (broad SMARTS) is 1. The van der Waals surface area contributed by atoms with Crippen molar-refractivity contribution in [2.45, 2.75) is 0 Å². The second-order valence-electron chi connectivity index (χ2n) is 1.94. The van der Waals surface area contributed by atoms with Crippen molar-refractivity contribution in [2.75, 3.05) is 5.32 Å². The Morgan fingerprint density at radius 2 is 2.31 bits per heavy atom. The lowest BCUT2D eigenvalue weighted by molar-refractivity contribution is 0.0949. The monoisotopic (exact) mass is 202 g/mol. The fourth-order valence-corrected chi connectivity index (χ4v) is 1.28. The van der Waals surface area contributed by atoms with Crippen molar-refractivity contribution in [3.63, 3.8) is 0 Å². The minimum Gasteiger partial charge on any atom is -0.465 e. The third-order valence-corrected chi connectivity index (χ3v) is 1.84. The van der Waals surface area contributed by atoms with E-state index in [2.05, 4.69) is 4.98 Å².